The number of hydrogen-bond acceptors (Lipinski definition) is 4. The van der Waals surface area contributed by atoms with Gasteiger partial charge in [0, 0.05) is 11.6 Å². The Balaban J connectivity index is 1.63. The van der Waals surface area contributed by atoms with E-state index in [1.165, 1.54) is 0 Å². The minimum atomic E-state index is 0.125. The first-order valence-electron chi connectivity index (χ1n) is 6.40. The first kappa shape index (κ1) is 11.9. The van der Waals surface area contributed by atoms with Gasteiger partial charge in [0.15, 0.2) is 5.82 Å². The lowest BCUT2D eigenvalue weighted by Gasteiger charge is -2.04. The summed E-state index contributed by atoms with van der Waals surface area (Å²) in [6.07, 6.45) is 2.64. The highest BCUT2D eigenvalue weighted by molar-refractivity contribution is 5.93. The second kappa shape index (κ2) is 4.84. The van der Waals surface area contributed by atoms with Gasteiger partial charge in [-0.2, -0.15) is 4.98 Å². The molecule has 98 valence electrons. The summed E-state index contributed by atoms with van der Waals surface area (Å²) in [6, 6.07) is 7.72. The van der Waals surface area contributed by atoms with Crippen LogP contribution in [0.15, 0.2) is 28.8 Å². The van der Waals surface area contributed by atoms with Crippen LogP contribution in [0.25, 0.3) is 0 Å². The zero-order valence-corrected chi connectivity index (χ0v) is 10.7. The Labute approximate surface area is 111 Å². The molecule has 0 spiro atoms. The highest BCUT2D eigenvalue weighted by Gasteiger charge is 2.29. The largest absolute Gasteiger partial charge is 0.339 e. The van der Waals surface area contributed by atoms with Crippen molar-refractivity contribution in [1.82, 2.24) is 10.1 Å². The van der Waals surface area contributed by atoms with Crippen molar-refractivity contribution in [3.05, 3.63) is 41.5 Å². The smallest absolute Gasteiger partial charge is 0.231 e. The number of benzene rings is 1. The molecule has 1 aliphatic carbocycles. The lowest BCUT2D eigenvalue weighted by Crippen LogP contribution is -2.13. The van der Waals surface area contributed by atoms with Gasteiger partial charge in [0.25, 0.3) is 0 Å². The van der Waals surface area contributed by atoms with E-state index >= 15 is 0 Å². The van der Waals surface area contributed by atoms with Gasteiger partial charge in [-0.25, -0.2) is 0 Å². The number of aryl methyl sites for hydroxylation is 1. The molecule has 5 nitrogen and oxygen atoms in total. The summed E-state index contributed by atoms with van der Waals surface area (Å²) in [4.78, 5) is 15.8. The van der Waals surface area contributed by atoms with E-state index in [9.17, 15) is 4.79 Å². The number of aromatic nitrogens is 2. The van der Waals surface area contributed by atoms with Gasteiger partial charge in [0.1, 0.15) is 0 Å². The zero-order valence-electron chi connectivity index (χ0n) is 10.7. The number of amides is 1. The summed E-state index contributed by atoms with van der Waals surface area (Å²) in [5.74, 6) is 1.59. The van der Waals surface area contributed by atoms with E-state index in [-0.39, 0.29) is 11.8 Å². The lowest BCUT2D eigenvalue weighted by atomic mass is 10.1. The van der Waals surface area contributed by atoms with E-state index in [0.29, 0.717) is 18.1 Å². The number of carbonyl (C=O) groups excluding carboxylic acids is 1. The number of nitrogens with zero attached hydrogens (tertiary/aromatic N) is 2. The maximum atomic E-state index is 11.6. The van der Waals surface area contributed by atoms with Crippen LogP contribution in [0.3, 0.4) is 0 Å². The van der Waals surface area contributed by atoms with Crippen LogP contribution in [-0.2, 0) is 11.2 Å². The molecular weight excluding hydrogens is 242 g/mol. The predicted molar refractivity (Wildman–Crippen MR) is 69.6 cm³/mol. The Morgan fingerprint density at radius 2 is 2.11 bits per heavy atom. The van der Waals surface area contributed by atoms with Crippen molar-refractivity contribution in [1.29, 1.82) is 0 Å². The van der Waals surface area contributed by atoms with Crippen molar-refractivity contribution in [3.63, 3.8) is 0 Å². The molecule has 2 aromatic rings. The molecule has 1 saturated carbocycles. The monoisotopic (exact) mass is 257 g/mol. The van der Waals surface area contributed by atoms with Crippen molar-refractivity contribution in [2.45, 2.75) is 26.2 Å². The molecular formula is C14H15N3O2. The molecule has 1 aromatic heterocycles. The molecule has 0 atom stereocenters. The summed E-state index contributed by atoms with van der Waals surface area (Å²) < 4.78 is 5.07. The normalized spacial score (nSPS) is 14.4. The zero-order chi connectivity index (χ0) is 13.2. The topological polar surface area (TPSA) is 68.0 Å². The third kappa shape index (κ3) is 2.99. The summed E-state index contributed by atoms with van der Waals surface area (Å²) in [7, 11) is 0. The summed E-state index contributed by atoms with van der Waals surface area (Å²) >= 11 is 0. The van der Waals surface area contributed by atoms with Crippen molar-refractivity contribution < 1.29 is 9.32 Å². The molecule has 0 radical (unpaired) electrons. The third-order valence-electron chi connectivity index (χ3n) is 3.09. The molecule has 1 aromatic carbocycles. The maximum absolute atomic E-state index is 11.6. The molecule has 0 saturated heterocycles. The average Bonchev–Trinajstić information content (AvgIpc) is 3.17. The maximum Gasteiger partial charge on any atom is 0.231 e. The highest BCUT2D eigenvalue weighted by Crippen LogP contribution is 2.30. The van der Waals surface area contributed by atoms with Crippen molar-refractivity contribution in [3.8, 4) is 0 Å². The number of carbonyl (C=O) groups is 1. The van der Waals surface area contributed by atoms with E-state index < -0.39 is 0 Å². The molecule has 1 heterocycles. The average molecular weight is 257 g/mol. The molecule has 19 heavy (non-hydrogen) atoms. The molecule has 5 heteroatoms. The SMILES string of the molecule is Cc1noc(Cc2ccc(NC(=O)C3CC3)cc2)n1. The van der Waals surface area contributed by atoms with Gasteiger partial charge in [0.05, 0.1) is 6.42 Å². The summed E-state index contributed by atoms with van der Waals surface area (Å²) in [6.45, 7) is 1.80. The van der Waals surface area contributed by atoms with E-state index in [1.807, 2.05) is 24.3 Å². The van der Waals surface area contributed by atoms with Crippen LogP contribution >= 0.6 is 0 Å². The van der Waals surface area contributed by atoms with Crippen LogP contribution in [0.4, 0.5) is 5.69 Å². The van der Waals surface area contributed by atoms with Gasteiger partial charge in [-0.3, -0.25) is 4.79 Å². The first-order chi connectivity index (χ1) is 9.20. The Morgan fingerprint density at radius 3 is 2.68 bits per heavy atom. The van der Waals surface area contributed by atoms with Gasteiger partial charge in [-0.15, -0.1) is 0 Å². The van der Waals surface area contributed by atoms with Crippen molar-refractivity contribution >= 4 is 11.6 Å². The van der Waals surface area contributed by atoms with Crippen LogP contribution in [0.2, 0.25) is 0 Å². The van der Waals surface area contributed by atoms with Gasteiger partial charge in [0.2, 0.25) is 11.8 Å². The highest BCUT2D eigenvalue weighted by atomic mass is 16.5. The van der Waals surface area contributed by atoms with E-state index in [1.54, 1.807) is 6.92 Å². The standard InChI is InChI=1S/C14H15N3O2/c1-9-15-13(19-17-9)8-10-2-6-12(7-3-10)16-14(18)11-4-5-11/h2-3,6-7,11H,4-5,8H2,1H3,(H,16,18). The fourth-order valence-electron chi connectivity index (χ4n) is 1.88. The molecule has 1 aliphatic rings. The van der Waals surface area contributed by atoms with Crippen LogP contribution < -0.4 is 5.32 Å². The van der Waals surface area contributed by atoms with Gasteiger partial charge in [-0.1, -0.05) is 17.3 Å². The van der Waals surface area contributed by atoms with E-state index in [0.717, 1.165) is 24.1 Å². The van der Waals surface area contributed by atoms with Gasteiger partial charge >= 0.3 is 0 Å². The van der Waals surface area contributed by atoms with Crippen LogP contribution in [0.1, 0.15) is 30.1 Å². The summed E-state index contributed by atoms with van der Waals surface area (Å²) in [5, 5.41) is 6.66. The number of anilines is 1. The van der Waals surface area contributed by atoms with Crippen LogP contribution in [0, 0.1) is 12.8 Å². The second-order valence-electron chi connectivity index (χ2n) is 4.87. The minimum absolute atomic E-state index is 0.125. The lowest BCUT2D eigenvalue weighted by molar-refractivity contribution is -0.117. The van der Waals surface area contributed by atoms with E-state index in [4.69, 9.17) is 4.52 Å². The van der Waals surface area contributed by atoms with Gasteiger partial charge in [-0.05, 0) is 37.5 Å². The molecule has 0 bridgehead atoms. The fourth-order valence-corrected chi connectivity index (χ4v) is 1.88. The summed E-state index contributed by atoms with van der Waals surface area (Å²) in [5.41, 5.74) is 1.91. The molecule has 3 rings (SSSR count). The van der Waals surface area contributed by atoms with E-state index in [2.05, 4.69) is 15.5 Å². The Hall–Kier alpha value is -2.17. The van der Waals surface area contributed by atoms with Crippen molar-refractivity contribution in [2.75, 3.05) is 5.32 Å². The molecule has 0 unspecified atom stereocenters. The molecule has 1 amide bonds. The quantitative estimate of drug-likeness (QED) is 0.912. The molecule has 1 N–H and O–H groups in total. The van der Waals surface area contributed by atoms with Crippen LogP contribution in [-0.4, -0.2) is 16.0 Å². The number of hydrogen-bond donors (Lipinski definition) is 1. The van der Waals surface area contributed by atoms with Crippen molar-refractivity contribution in [2.24, 2.45) is 5.92 Å². The molecule has 1 fully saturated rings. The molecule has 0 aliphatic heterocycles. The number of nitrogens with one attached hydrogen (secondary N) is 1. The minimum Gasteiger partial charge on any atom is -0.339 e. The Bertz CT molecular complexity index is 585. The Morgan fingerprint density at radius 1 is 1.37 bits per heavy atom. The fraction of sp³-hybridized carbons (Fsp3) is 0.357. The van der Waals surface area contributed by atoms with Gasteiger partial charge < -0.3 is 9.84 Å². The predicted octanol–water partition coefficient (Wildman–Crippen LogP) is 2.32. The number of rotatable bonds is 4. The van der Waals surface area contributed by atoms with Crippen LogP contribution in [0.5, 0.6) is 0 Å². The first-order valence-corrected chi connectivity index (χ1v) is 6.40. The third-order valence-corrected chi connectivity index (χ3v) is 3.09. The second-order valence-corrected chi connectivity index (χ2v) is 4.87. The Kier molecular flexibility index (Phi) is 3.03.